The first kappa shape index (κ1) is 19.1. The lowest BCUT2D eigenvalue weighted by molar-refractivity contribution is 0.0950. The Morgan fingerprint density at radius 1 is 0.967 bits per heavy atom. The van der Waals surface area contributed by atoms with Gasteiger partial charge < -0.3 is 4.74 Å². The first-order chi connectivity index (χ1) is 14.8. The fourth-order valence-corrected chi connectivity index (χ4v) is 2.87. The summed E-state index contributed by atoms with van der Waals surface area (Å²) < 4.78 is 5.90. The van der Waals surface area contributed by atoms with Crippen LogP contribution in [-0.4, -0.2) is 22.3 Å². The molecule has 0 radical (unpaired) electrons. The van der Waals surface area contributed by atoms with Gasteiger partial charge in [-0.3, -0.25) is 9.89 Å². The average Bonchev–Trinajstić information content (AvgIpc) is 3.30. The molecule has 0 unspecified atom stereocenters. The first-order valence-electron chi connectivity index (χ1n) is 9.49. The van der Waals surface area contributed by atoms with Crippen LogP contribution in [0.4, 0.5) is 0 Å². The van der Waals surface area contributed by atoms with Crippen LogP contribution >= 0.6 is 0 Å². The second kappa shape index (κ2) is 9.34. The quantitative estimate of drug-likeness (QED) is 0.358. The van der Waals surface area contributed by atoms with Gasteiger partial charge in [-0.1, -0.05) is 72.8 Å². The number of carbonyl (C=O) groups excluding carboxylic acids is 1. The molecule has 0 saturated carbocycles. The Kier molecular flexibility index (Phi) is 5.96. The highest BCUT2D eigenvalue weighted by Gasteiger charge is 2.10. The van der Waals surface area contributed by atoms with E-state index in [0.29, 0.717) is 23.7 Å². The zero-order valence-electron chi connectivity index (χ0n) is 16.2. The molecule has 1 heterocycles. The monoisotopic (exact) mass is 396 g/mol. The van der Waals surface area contributed by atoms with Gasteiger partial charge in [0.1, 0.15) is 18.1 Å². The summed E-state index contributed by atoms with van der Waals surface area (Å²) in [7, 11) is 0. The normalized spacial score (nSPS) is 10.8. The van der Waals surface area contributed by atoms with E-state index < -0.39 is 0 Å². The van der Waals surface area contributed by atoms with Crippen LogP contribution in [0.25, 0.3) is 11.3 Å². The number of aromatic amines is 1. The Bertz CT molecular complexity index is 1140. The van der Waals surface area contributed by atoms with Crippen LogP contribution in [0.3, 0.4) is 0 Å². The van der Waals surface area contributed by atoms with E-state index in [-0.39, 0.29) is 5.91 Å². The smallest absolute Gasteiger partial charge is 0.289 e. The van der Waals surface area contributed by atoms with Gasteiger partial charge in [-0.2, -0.15) is 10.2 Å². The second-order valence-electron chi connectivity index (χ2n) is 6.54. The van der Waals surface area contributed by atoms with Crippen molar-refractivity contribution in [3.8, 4) is 17.0 Å². The maximum absolute atomic E-state index is 12.3. The molecule has 2 N–H and O–H groups in total. The number of benzene rings is 3. The molecule has 4 aromatic rings. The molecule has 0 saturated heterocycles. The van der Waals surface area contributed by atoms with E-state index in [1.54, 1.807) is 12.3 Å². The molecule has 3 aromatic carbocycles. The Balaban J connectivity index is 1.39. The van der Waals surface area contributed by atoms with Gasteiger partial charge in [0.05, 0.1) is 11.9 Å². The Morgan fingerprint density at radius 2 is 1.67 bits per heavy atom. The largest absolute Gasteiger partial charge is 0.488 e. The fraction of sp³-hybridized carbons (Fsp3) is 0.0417. The van der Waals surface area contributed by atoms with Crippen molar-refractivity contribution in [3.05, 3.63) is 108 Å². The van der Waals surface area contributed by atoms with Gasteiger partial charge in [-0.05, 0) is 23.8 Å². The van der Waals surface area contributed by atoms with Gasteiger partial charge in [0.15, 0.2) is 0 Å². The lowest BCUT2D eigenvalue weighted by atomic mass is 10.1. The SMILES string of the molecule is O=C(NN=Cc1ccccc1OCc1ccccc1)c1cc(-c2ccccc2)n[nH]1. The van der Waals surface area contributed by atoms with Gasteiger partial charge in [0.2, 0.25) is 0 Å². The number of hydrogen-bond donors (Lipinski definition) is 2. The minimum atomic E-state index is -0.372. The van der Waals surface area contributed by atoms with E-state index in [2.05, 4.69) is 20.7 Å². The third-order valence-corrected chi connectivity index (χ3v) is 4.42. The van der Waals surface area contributed by atoms with Crippen LogP contribution in [-0.2, 0) is 6.61 Å². The number of para-hydroxylation sites is 1. The van der Waals surface area contributed by atoms with Crippen molar-refractivity contribution in [1.29, 1.82) is 0 Å². The first-order valence-corrected chi connectivity index (χ1v) is 9.49. The zero-order chi connectivity index (χ0) is 20.6. The topological polar surface area (TPSA) is 79.4 Å². The van der Waals surface area contributed by atoms with Crippen molar-refractivity contribution in [1.82, 2.24) is 15.6 Å². The molecule has 1 aromatic heterocycles. The van der Waals surface area contributed by atoms with Crippen LogP contribution in [0.2, 0.25) is 0 Å². The van der Waals surface area contributed by atoms with Crippen molar-refractivity contribution in [2.75, 3.05) is 0 Å². The van der Waals surface area contributed by atoms with Crippen molar-refractivity contribution in [3.63, 3.8) is 0 Å². The summed E-state index contributed by atoms with van der Waals surface area (Å²) in [6, 6.07) is 28.8. The Labute approximate surface area is 174 Å². The maximum atomic E-state index is 12.3. The fourth-order valence-electron chi connectivity index (χ4n) is 2.87. The zero-order valence-corrected chi connectivity index (χ0v) is 16.2. The number of amides is 1. The van der Waals surface area contributed by atoms with Gasteiger partial charge in [-0.15, -0.1) is 0 Å². The van der Waals surface area contributed by atoms with Crippen LogP contribution in [0, 0.1) is 0 Å². The third-order valence-electron chi connectivity index (χ3n) is 4.42. The number of hydrazone groups is 1. The number of nitrogens with one attached hydrogen (secondary N) is 2. The third kappa shape index (κ3) is 4.80. The van der Waals surface area contributed by atoms with Gasteiger partial charge in [0.25, 0.3) is 5.91 Å². The second-order valence-corrected chi connectivity index (χ2v) is 6.54. The number of rotatable bonds is 7. The number of carbonyl (C=O) groups is 1. The highest BCUT2D eigenvalue weighted by Crippen LogP contribution is 2.18. The lowest BCUT2D eigenvalue weighted by Gasteiger charge is -2.08. The van der Waals surface area contributed by atoms with E-state index >= 15 is 0 Å². The van der Waals surface area contributed by atoms with E-state index in [1.807, 2.05) is 84.9 Å². The molecule has 0 fully saturated rings. The number of aromatic nitrogens is 2. The van der Waals surface area contributed by atoms with Crippen LogP contribution in [0.15, 0.2) is 96.1 Å². The van der Waals surface area contributed by atoms with Gasteiger partial charge >= 0.3 is 0 Å². The van der Waals surface area contributed by atoms with Crippen molar-refractivity contribution in [2.24, 2.45) is 5.10 Å². The highest BCUT2D eigenvalue weighted by molar-refractivity contribution is 5.94. The molecule has 6 heteroatoms. The van der Waals surface area contributed by atoms with Gasteiger partial charge in [-0.25, -0.2) is 5.43 Å². The summed E-state index contributed by atoms with van der Waals surface area (Å²) >= 11 is 0. The Hall–Kier alpha value is -4.19. The molecule has 0 aliphatic carbocycles. The Morgan fingerprint density at radius 3 is 2.47 bits per heavy atom. The van der Waals surface area contributed by atoms with Gasteiger partial charge in [0, 0.05) is 11.1 Å². The number of ether oxygens (including phenoxy) is 1. The molecule has 0 aliphatic rings. The van der Waals surface area contributed by atoms with Crippen LogP contribution < -0.4 is 10.2 Å². The highest BCUT2D eigenvalue weighted by atomic mass is 16.5. The molecular formula is C24H20N4O2. The summed E-state index contributed by atoms with van der Waals surface area (Å²) in [5.74, 6) is 0.316. The van der Waals surface area contributed by atoms with Crippen molar-refractivity contribution in [2.45, 2.75) is 6.61 Å². The molecule has 148 valence electrons. The van der Waals surface area contributed by atoms with Crippen molar-refractivity contribution >= 4 is 12.1 Å². The standard InChI is InChI=1S/C24H20N4O2/c29-24(22-15-21(26-27-22)19-11-5-2-6-12-19)28-25-16-20-13-7-8-14-23(20)30-17-18-9-3-1-4-10-18/h1-16H,17H2,(H,26,27)(H,28,29). The molecule has 1 amide bonds. The minimum Gasteiger partial charge on any atom is -0.488 e. The number of hydrogen-bond acceptors (Lipinski definition) is 4. The van der Waals surface area contributed by atoms with E-state index in [4.69, 9.17) is 4.74 Å². The molecule has 0 atom stereocenters. The summed E-state index contributed by atoms with van der Waals surface area (Å²) in [6.07, 6.45) is 1.56. The summed E-state index contributed by atoms with van der Waals surface area (Å²) in [6.45, 7) is 0.453. The molecule has 0 bridgehead atoms. The molecule has 30 heavy (non-hydrogen) atoms. The van der Waals surface area contributed by atoms with E-state index in [0.717, 1.165) is 16.7 Å². The predicted octanol–water partition coefficient (Wildman–Crippen LogP) is 4.42. The minimum absolute atomic E-state index is 0.333. The van der Waals surface area contributed by atoms with E-state index in [9.17, 15) is 4.79 Å². The summed E-state index contributed by atoms with van der Waals surface area (Å²) in [5.41, 5.74) is 6.32. The number of H-pyrrole nitrogens is 1. The predicted molar refractivity (Wildman–Crippen MR) is 116 cm³/mol. The summed E-state index contributed by atoms with van der Waals surface area (Å²) in [5, 5.41) is 11.0. The average molecular weight is 396 g/mol. The van der Waals surface area contributed by atoms with Crippen molar-refractivity contribution < 1.29 is 9.53 Å². The molecule has 0 aliphatic heterocycles. The van der Waals surface area contributed by atoms with Crippen LogP contribution in [0.1, 0.15) is 21.6 Å². The van der Waals surface area contributed by atoms with Crippen LogP contribution in [0.5, 0.6) is 5.75 Å². The van der Waals surface area contributed by atoms with E-state index in [1.165, 1.54) is 0 Å². The molecule has 0 spiro atoms. The lowest BCUT2D eigenvalue weighted by Crippen LogP contribution is -2.18. The maximum Gasteiger partial charge on any atom is 0.289 e. The molecular weight excluding hydrogens is 376 g/mol. The molecule has 4 rings (SSSR count). The summed E-state index contributed by atoms with van der Waals surface area (Å²) in [4.78, 5) is 12.3. The number of nitrogens with zero attached hydrogens (tertiary/aromatic N) is 2. The molecule has 6 nitrogen and oxygen atoms in total.